The lowest BCUT2D eigenvalue weighted by molar-refractivity contribution is -0.131. The molecule has 1 rings (SSSR count). The van der Waals surface area contributed by atoms with Gasteiger partial charge < -0.3 is 9.84 Å². The van der Waals surface area contributed by atoms with Crippen molar-refractivity contribution in [3.8, 4) is 0 Å². The minimum absolute atomic E-state index is 0.104. The van der Waals surface area contributed by atoms with Crippen molar-refractivity contribution >= 4 is 11.8 Å². The number of carboxylic acid groups (broad SMARTS) is 1. The van der Waals surface area contributed by atoms with Crippen LogP contribution in [0.4, 0.5) is 0 Å². The Morgan fingerprint density at radius 3 is 2.92 bits per heavy atom. The average molecular weight is 182 g/mol. The number of carbonyl (C=O) groups is 2. The van der Waals surface area contributed by atoms with E-state index in [0.717, 1.165) is 6.08 Å². The van der Waals surface area contributed by atoms with Gasteiger partial charge in [-0.3, -0.25) is 4.79 Å². The largest absolute Gasteiger partial charge is 0.478 e. The molecule has 1 aliphatic carbocycles. The average Bonchev–Trinajstić information content (AvgIpc) is 2.43. The maximum Gasteiger partial charge on any atom is 0.328 e. The minimum Gasteiger partial charge on any atom is -0.478 e. The van der Waals surface area contributed by atoms with Crippen LogP contribution in [0.3, 0.4) is 0 Å². The van der Waals surface area contributed by atoms with Crippen molar-refractivity contribution in [3.63, 3.8) is 0 Å². The first-order valence-corrected chi connectivity index (χ1v) is 3.81. The molecular weight excluding hydrogens is 172 g/mol. The van der Waals surface area contributed by atoms with Crippen molar-refractivity contribution < 1.29 is 19.4 Å². The Balaban J connectivity index is 2.61. The molecular formula is C9H10O4. The summed E-state index contributed by atoms with van der Waals surface area (Å²) in [6.07, 6.45) is 3.86. The number of methoxy groups -OCH3 is 1. The van der Waals surface area contributed by atoms with Crippen molar-refractivity contribution in [1.29, 1.82) is 0 Å². The third-order valence-corrected chi connectivity index (χ3v) is 1.79. The van der Waals surface area contributed by atoms with Gasteiger partial charge in [0.25, 0.3) is 0 Å². The van der Waals surface area contributed by atoms with Gasteiger partial charge in [-0.1, -0.05) is 6.08 Å². The van der Waals surface area contributed by atoms with E-state index in [0.29, 0.717) is 12.0 Å². The summed E-state index contributed by atoms with van der Waals surface area (Å²) in [5.74, 6) is -1.12. The van der Waals surface area contributed by atoms with Crippen LogP contribution >= 0.6 is 0 Å². The van der Waals surface area contributed by atoms with Gasteiger partial charge in [-0.05, 0) is 11.6 Å². The smallest absolute Gasteiger partial charge is 0.328 e. The van der Waals surface area contributed by atoms with Crippen molar-refractivity contribution in [3.05, 3.63) is 23.8 Å². The van der Waals surface area contributed by atoms with Crippen molar-refractivity contribution in [2.45, 2.75) is 12.5 Å². The molecule has 1 N–H and O–H groups in total. The Morgan fingerprint density at radius 1 is 1.77 bits per heavy atom. The van der Waals surface area contributed by atoms with Gasteiger partial charge in [0.2, 0.25) is 0 Å². The highest BCUT2D eigenvalue weighted by Crippen LogP contribution is 2.18. The van der Waals surface area contributed by atoms with E-state index >= 15 is 0 Å². The molecule has 1 atom stereocenters. The Hall–Kier alpha value is -1.42. The quantitative estimate of drug-likeness (QED) is 0.647. The number of allylic oxidation sites excluding steroid dienone is 1. The van der Waals surface area contributed by atoms with E-state index in [4.69, 9.17) is 9.84 Å². The van der Waals surface area contributed by atoms with Gasteiger partial charge in [-0.15, -0.1) is 0 Å². The zero-order chi connectivity index (χ0) is 9.84. The fraction of sp³-hybridized carbons (Fsp3) is 0.333. The summed E-state index contributed by atoms with van der Waals surface area (Å²) in [5, 5.41) is 8.33. The van der Waals surface area contributed by atoms with E-state index < -0.39 is 12.1 Å². The summed E-state index contributed by atoms with van der Waals surface area (Å²) in [6.45, 7) is 0. The molecule has 0 saturated heterocycles. The third-order valence-electron chi connectivity index (χ3n) is 1.79. The molecule has 0 fully saturated rings. The number of ether oxygens (including phenoxy) is 1. The van der Waals surface area contributed by atoms with E-state index in [1.54, 1.807) is 0 Å². The Kier molecular flexibility index (Phi) is 2.97. The molecule has 0 radical (unpaired) electrons. The highest BCUT2D eigenvalue weighted by atomic mass is 16.5. The monoisotopic (exact) mass is 182 g/mol. The molecule has 0 heterocycles. The molecule has 70 valence electrons. The lowest BCUT2D eigenvalue weighted by Gasteiger charge is -2.03. The molecule has 0 spiro atoms. The topological polar surface area (TPSA) is 63.6 Å². The van der Waals surface area contributed by atoms with Crippen LogP contribution < -0.4 is 0 Å². The Labute approximate surface area is 75.5 Å². The van der Waals surface area contributed by atoms with E-state index in [-0.39, 0.29) is 5.78 Å². The van der Waals surface area contributed by atoms with E-state index in [1.807, 2.05) is 0 Å². The molecule has 1 aliphatic rings. The zero-order valence-electron chi connectivity index (χ0n) is 7.19. The van der Waals surface area contributed by atoms with Crippen LogP contribution in [0.1, 0.15) is 6.42 Å². The second kappa shape index (κ2) is 4.00. The fourth-order valence-corrected chi connectivity index (χ4v) is 1.14. The van der Waals surface area contributed by atoms with E-state index in [9.17, 15) is 9.59 Å². The van der Waals surface area contributed by atoms with E-state index in [2.05, 4.69) is 0 Å². The second-order valence-electron chi connectivity index (χ2n) is 2.72. The molecule has 0 saturated carbocycles. The van der Waals surface area contributed by atoms with Crippen LogP contribution in [0.2, 0.25) is 0 Å². The Morgan fingerprint density at radius 2 is 2.46 bits per heavy atom. The van der Waals surface area contributed by atoms with Crippen LogP contribution in [-0.4, -0.2) is 30.1 Å². The van der Waals surface area contributed by atoms with E-state index in [1.165, 1.54) is 19.3 Å². The Bertz CT molecular complexity index is 288. The minimum atomic E-state index is -1.02. The molecule has 0 aliphatic heterocycles. The van der Waals surface area contributed by atoms with Crippen LogP contribution in [0.15, 0.2) is 23.8 Å². The van der Waals surface area contributed by atoms with Gasteiger partial charge in [0.1, 0.15) is 6.10 Å². The summed E-state index contributed by atoms with van der Waals surface area (Å²) in [5.41, 5.74) is 0.694. The second-order valence-corrected chi connectivity index (χ2v) is 2.72. The SMILES string of the molecule is COC1CC(/C=C/C(=O)O)=CC1=O. The first kappa shape index (κ1) is 9.67. The normalized spacial score (nSPS) is 22.4. The lowest BCUT2D eigenvalue weighted by atomic mass is 10.2. The van der Waals surface area contributed by atoms with Gasteiger partial charge in [-0.2, -0.15) is 0 Å². The van der Waals surface area contributed by atoms with Gasteiger partial charge in [0, 0.05) is 19.6 Å². The van der Waals surface area contributed by atoms with Crippen LogP contribution in [0.5, 0.6) is 0 Å². The van der Waals surface area contributed by atoms with Crippen LogP contribution in [-0.2, 0) is 14.3 Å². The number of rotatable bonds is 3. The van der Waals surface area contributed by atoms with Crippen LogP contribution in [0.25, 0.3) is 0 Å². The molecule has 0 amide bonds. The molecule has 0 aromatic heterocycles. The third kappa shape index (κ3) is 2.52. The predicted molar refractivity (Wildman–Crippen MR) is 45.3 cm³/mol. The number of carbonyl (C=O) groups excluding carboxylic acids is 1. The van der Waals surface area contributed by atoms with Gasteiger partial charge >= 0.3 is 5.97 Å². The summed E-state index contributed by atoms with van der Waals surface area (Å²) in [4.78, 5) is 21.2. The molecule has 1 unspecified atom stereocenters. The standard InChI is InChI=1S/C9H10O4/c1-13-8-5-6(4-7(8)10)2-3-9(11)12/h2-4,8H,5H2,1H3,(H,11,12)/b3-2+. The fourth-order valence-electron chi connectivity index (χ4n) is 1.14. The molecule has 13 heavy (non-hydrogen) atoms. The number of carboxylic acids is 1. The number of hydrogen-bond acceptors (Lipinski definition) is 3. The molecule has 0 aromatic rings. The first-order valence-electron chi connectivity index (χ1n) is 3.81. The highest BCUT2D eigenvalue weighted by Gasteiger charge is 2.23. The maximum absolute atomic E-state index is 11.1. The van der Waals surface area contributed by atoms with Crippen molar-refractivity contribution in [2.24, 2.45) is 0 Å². The van der Waals surface area contributed by atoms with Crippen molar-refractivity contribution in [2.75, 3.05) is 7.11 Å². The highest BCUT2D eigenvalue weighted by molar-refractivity contribution is 5.97. The molecule has 0 bridgehead atoms. The number of ketones is 1. The first-order chi connectivity index (χ1) is 6.13. The van der Waals surface area contributed by atoms with Crippen molar-refractivity contribution in [1.82, 2.24) is 0 Å². The predicted octanol–water partition coefficient (Wildman–Crippen LogP) is 0.541. The number of hydrogen-bond donors (Lipinski definition) is 1. The maximum atomic E-state index is 11.1. The van der Waals surface area contributed by atoms with Gasteiger partial charge in [0.15, 0.2) is 5.78 Å². The molecule has 4 heteroatoms. The summed E-state index contributed by atoms with van der Waals surface area (Å²) in [6, 6.07) is 0. The summed E-state index contributed by atoms with van der Waals surface area (Å²) >= 11 is 0. The lowest BCUT2D eigenvalue weighted by Crippen LogP contribution is -2.15. The molecule has 4 nitrogen and oxygen atoms in total. The summed E-state index contributed by atoms with van der Waals surface area (Å²) in [7, 11) is 1.46. The van der Waals surface area contributed by atoms with Crippen LogP contribution in [0, 0.1) is 0 Å². The number of aliphatic carboxylic acids is 1. The van der Waals surface area contributed by atoms with Gasteiger partial charge in [0.05, 0.1) is 0 Å². The summed E-state index contributed by atoms with van der Waals surface area (Å²) < 4.78 is 4.88. The zero-order valence-corrected chi connectivity index (χ0v) is 7.19. The molecule has 0 aromatic carbocycles. The van der Waals surface area contributed by atoms with Gasteiger partial charge in [-0.25, -0.2) is 4.79 Å².